The number of rotatable bonds is 6. The van der Waals surface area contributed by atoms with Crippen LogP contribution in [0.5, 0.6) is 0 Å². The lowest BCUT2D eigenvalue weighted by atomic mass is 10.1. The second kappa shape index (κ2) is 9.09. The summed E-state index contributed by atoms with van der Waals surface area (Å²) in [5, 5.41) is 0.517. The Balaban J connectivity index is 1.67. The number of aromatic nitrogens is 3. The second-order valence-electron chi connectivity index (χ2n) is 7.41. The van der Waals surface area contributed by atoms with E-state index in [1.807, 2.05) is 28.8 Å². The molecule has 0 aliphatic rings. The summed E-state index contributed by atoms with van der Waals surface area (Å²) >= 11 is 8.24. The van der Waals surface area contributed by atoms with E-state index >= 15 is 0 Å². The van der Waals surface area contributed by atoms with Crippen LogP contribution in [0.2, 0.25) is 0 Å². The molecule has 0 aliphatic carbocycles. The number of hydrogen-bond donors (Lipinski definition) is 0. The van der Waals surface area contributed by atoms with Gasteiger partial charge in [0.25, 0.3) is 5.56 Å². The molecular weight excluding hydrogens is 477 g/mol. The van der Waals surface area contributed by atoms with Crippen LogP contribution in [-0.4, -0.2) is 14.1 Å². The van der Waals surface area contributed by atoms with Crippen molar-refractivity contribution in [2.45, 2.75) is 24.4 Å². The predicted octanol–water partition coefficient (Wildman–Crippen LogP) is 6.36. The molecule has 9 heteroatoms. The molecule has 0 aliphatic heterocycles. The normalized spacial score (nSPS) is 11.3. The zero-order valence-corrected chi connectivity index (χ0v) is 20.0. The summed E-state index contributed by atoms with van der Waals surface area (Å²) in [4.78, 5) is 18.5. The van der Waals surface area contributed by atoms with Crippen molar-refractivity contribution in [3.05, 3.63) is 104 Å². The summed E-state index contributed by atoms with van der Waals surface area (Å²) < 4.78 is 23.4. The molecule has 5 nitrogen and oxygen atoms in total. The SMILES string of the molecule is Cc1ccccc1CSc1nc2c(sc(=S)n2Cc2ccco2)c(=O)n1-c1ccc(F)cc1. The number of thiazole rings is 1. The fraction of sp³-hybridized carbons (Fsp3) is 0.125. The van der Waals surface area contributed by atoms with E-state index in [0.29, 0.717) is 37.4 Å². The maximum absolute atomic E-state index is 13.6. The van der Waals surface area contributed by atoms with E-state index in [4.69, 9.17) is 21.6 Å². The standard InChI is InChI=1S/C24H18FN3O2S3/c1-15-5-2-3-6-16(15)14-32-23-26-21-20(22(29)28(23)18-10-8-17(25)9-11-18)33-24(31)27(21)13-19-7-4-12-30-19/h2-12H,13-14H2,1H3. The van der Waals surface area contributed by atoms with Crippen LogP contribution in [0.1, 0.15) is 16.9 Å². The second-order valence-corrected chi connectivity index (χ2v) is 10.00. The molecule has 0 spiro atoms. The molecule has 2 aromatic carbocycles. The van der Waals surface area contributed by atoms with E-state index in [1.54, 1.807) is 18.4 Å². The Labute approximate surface area is 202 Å². The lowest BCUT2D eigenvalue weighted by Gasteiger charge is -2.13. The fourth-order valence-electron chi connectivity index (χ4n) is 3.50. The topological polar surface area (TPSA) is 53.0 Å². The number of nitrogens with zero attached hydrogens (tertiary/aromatic N) is 3. The predicted molar refractivity (Wildman–Crippen MR) is 133 cm³/mol. The number of aryl methyl sites for hydroxylation is 1. The summed E-state index contributed by atoms with van der Waals surface area (Å²) in [7, 11) is 0. The Bertz CT molecular complexity index is 1550. The molecule has 0 unspecified atom stereocenters. The maximum Gasteiger partial charge on any atom is 0.278 e. The molecule has 0 saturated heterocycles. The first-order valence-electron chi connectivity index (χ1n) is 10.1. The minimum Gasteiger partial charge on any atom is -0.467 e. The first kappa shape index (κ1) is 21.8. The Morgan fingerprint density at radius 3 is 2.64 bits per heavy atom. The minimum atomic E-state index is -0.366. The highest BCUT2D eigenvalue weighted by molar-refractivity contribution is 7.98. The van der Waals surface area contributed by atoms with Crippen LogP contribution in [-0.2, 0) is 12.3 Å². The van der Waals surface area contributed by atoms with Gasteiger partial charge in [0.05, 0.1) is 18.5 Å². The number of thioether (sulfide) groups is 1. The van der Waals surface area contributed by atoms with Gasteiger partial charge in [-0.15, -0.1) is 0 Å². The van der Waals surface area contributed by atoms with E-state index < -0.39 is 0 Å². The highest BCUT2D eigenvalue weighted by Crippen LogP contribution is 2.28. The molecule has 0 radical (unpaired) electrons. The van der Waals surface area contributed by atoms with Crippen molar-refractivity contribution < 1.29 is 8.81 Å². The van der Waals surface area contributed by atoms with Crippen molar-refractivity contribution in [2.24, 2.45) is 0 Å². The van der Waals surface area contributed by atoms with Gasteiger partial charge >= 0.3 is 0 Å². The minimum absolute atomic E-state index is 0.229. The number of benzene rings is 2. The summed E-state index contributed by atoms with van der Waals surface area (Å²) in [6, 6.07) is 17.6. The highest BCUT2D eigenvalue weighted by Gasteiger charge is 2.19. The summed E-state index contributed by atoms with van der Waals surface area (Å²) in [5.41, 5.74) is 3.17. The molecule has 3 heterocycles. The van der Waals surface area contributed by atoms with Gasteiger partial charge in [0.1, 0.15) is 16.3 Å². The molecule has 0 saturated carbocycles. The molecule has 0 amide bonds. The zero-order chi connectivity index (χ0) is 22.9. The van der Waals surface area contributed by atoms with E-state index in [1.165, 1.54) is 39.8 Å². The zero-order valence-electron chi connectivity index (χ0n) is 17.5. The smallest absolute Gasteiger partial charge is 0.278 e. The lowest BCUT2D eigenvalue weighted by Crippen LogP contribution is -2.21. The Morgan fingerprint density at radius 1 is 1.12 bits per heavy atom. The Hall–Kier alpha value is -3.01. The summed E-state index contributed by atoms with van der Waals surface area (Å²) in [5.74, 6) is 0.995. The van der Waals surface area contributed by atoms with Crippen molar-refractivity contribution in [1.29, 1.82) is 0 Å². The number of furan rings is 1. The van der Waals surface area contributed by atoms with Crippen LogP contribution in [0.3, 0.4) is 0 Å². The van der Waals surface area contributed by atoms with Gasteiger partial charge in [-0.1, -0.05) is 47.4 Å². The van der Waals surface area contributed by atoms with Crippen LogP contribution in [0.25, 0.3) is 16.0 Å². The highest BCUT2D eigenvalue weighted by atomic mass is 32.2. The number of halogens is 1. The molecule has 0 fully saturated rings. The van der Waals surface area contributed by atoms with E-state index in [-0.39, 0.29) is 11.4 Å². The quantitative estimate of drug-likeness (QED) is 0.156. The molecule has 166 valence electrons. The monoisotopic (exact) mass is 495 g/mol. The van der Waals surface area contributed by atoms with Crippen LogP contribution in [0.4, 0.5) is 4.39 Å². The lowest BCUT2D eigenvalue weighted by molar-refractivity contribution is 0.495. The Kier molecular flexibility index (Phi) is 6.01. The van der Waals surface area contributed by atoms with Gasteiger partial charge in [-0.2, -0.15) is 0 Å². The maximum atomic E-state index is 13.6. The van der Waals surface area contributed by atoms with Gasteiger partial charge in [0.2, 0.25) is 0 Å². The van der Waals surface area contributed by atoms with Crippen LogP contribution < -0.4 is 5.56 Å². The molecule has 3 aromatic heterocycles. The van der Waals surface area contributed by atoms with Crippen molar-refractivity contribution in [2.75, 3.05) is 0 Å². The van der Waals surface area contributed by atoms with E-state index in [0.717, 1.165) is 16.9 Å². The van der Waals surface area contributed by atoms with Gasteiger partial charge < -0.3 is 4.42 Å². The largest absolute Gasteiger partial charge is 0.467 e. The average molecular weight is 496 g/mol. The van der Waals surface area contributed by atoms with Crippen molar-refractivity contribution in [3.8, 4) is 5.69 Å². The fourth-order valence-corrected chi connectivity index (χ4v) is 5.84. The molecule has 0 N–H and O–H groups in total. The van der Waals surface area contributed by atoms with Gasteiger partial charge in [0, 0.05) is 5.75 Å². The Morgan fingerprint density at radius 2 is 1.91 bits per heavy atom. The first-order valence-corrected chi connectivity index (χ1v) is 12.3. The third kappa shape index (κ3) is 4.31. The van der Waals surface area contributed by atoms with Gasteiger partial charge in [-0.3, -0.25) is 13.9 Å². The molecule has 5 rings (SSSR count). The third-order valence-corrected chi connectivity index (χ3v) is 7.67. The average Bonchev–Trinajstić information content (AvgIpc) is 3.43. The molecule has 0 atom stereocenters. The van der Waals surface area contributed by atoms with Crippen LogP contribution in [0.15, 0.2) is 81.3 Å². The molecule has 0 bridgehead atoms. The number of fused-ring (bicyclic) bond motifs is 1. The van der Waals surface area contributed by atoms with Crippen molar-refractivity contribution >= 4 is 45.7 Å². The molecule has 33 heavy (non-hydrogen) atoms. The van der Waals surface area contributed by atoms with Crippen LogP contribution >= 0.6 is 35.3 Å². The third-order valence-electron chi connectivity index (χ3n) is 5.26. The van der Waals surface area contributed by atoms with Crippen molar-refractivity contribution in [1.82, 2.24) is 14.1 Å². The summed E-state index contributed by atoms with van der Waals surface area (Å²) in [6.07, 6.45) is 1.60. The van der Waals surface area contributed by atoms with E-state index in [2.05, 4.69) is 19.1 Å². The van der Waals surface area contributed by atoms with E-state index in [9.17, 15) is 9.18 Å². The molecule has 5 aromatic rings. The molecular formula is C24H18FN3O2S3. The van der Waals surface area contributed by atoms with Gasteiger partial charge in [-0.25, -0.2) is 9.37 Å². The first-order chi connectivity index (χ1) is 16.0. The van der Waals surface area contributed by atoms with Crippen LogP contribution in [0, 0.1) is 16.7 Å². The van der Waals surface area contributed by atoms with Gasteiger partial charge in [0.15, 0.2) is 14.8 Å². The van der Waals surface area contributed by atoms with Crippen molar-refractivity contribution in [3.63, 3.8) is 0 Å². The van der Waals surface area contributed by atoms with Gasteiger partial charge in [-0.05, 0) is 66.7 Å². The summed E-state index contributed by atoms with van der Waals surface area (Å²) in [6.45, 7) is 2.44. The number of hydrogen-bond acceptors (Lipinski definition) is 6.